The Morgan fingerprint density at radius 3 is 2.54 bits per heavy atom. The predicted molar refractivity (Wildman–Crippen MR) is 136 cm³/mol. The molecule has 1 aliphatic heterocycles. The molecule has 3 aromatic carbocycles. The standard InChI is InChI=1S/C28H21ClN2O6/c1-14-19-10-15(29)4-8-23(19)36-26(14)28(32)35-17-5-7-18-24(12-17)37-27(31)21(13-30)25(18)20-11-16(33-2)6-9-22(20)34-3/h4-12,25H,31H2,1-3H3. The van der Waals surface area contributed by atoms with Crippen LogP contribution in [-0.2, 0) is 0 Å². The molecule has 0 aliphatic carbocycles. The van der Waals surface area contributed by atoms with Crippen LogP contribution >= 0.6 is 11.6 Å². The molecule has 0 saturated heterocycles. The summed E-state index contributed by atoms with van der Waals surface area (Å²) >= 11 is 6.08. The SMILES string of the molecule is COc1ccc(OC)c(C2C(C#N)=C(N)Oc3cc(OC(=O)c4oc5ccc(Cl)cc5c4C)ccc32)c1. The quantitative estimate of drug-likeness (QED) is 0.259. The molecule has 2 N–H and O–H groups in total. The Kier molecular flexibility index (Phi) is 6.15. The normalized spacial score (nSPS) is 14.5. The van der Waals surface area contributed by atoms with Gasteiger partial charge in [0.2, 0.25) is 11.6 Å². The second-order valence-electron chi connectivity index (χ2n) is 8.32. The van der Waals surface area contributed by atoms with Crippen LogP contribution in [0.15, 0.2) is 70.5 Å². The number of hydrogen-bond donors (Lipinski definition) is 1. The molecule has 2 heterocycles. The lowest BCUT2D eigenvalue weighted by Gasteiger charge is -2.28. The van der Waals surface area contributed by atoms with Crippen molar-refractivity contribution in [3.05, 3.63) is 93.5 Å². The monoisotopic (exact) mass is 516 g/mol. The van der Waals surface area contributed by atoms with Gasteiger partial charge in [0, 0.05) is 33.2 Å². The lowest BCUT2D eigenvalue weighted by molar-refractivity contribution is 0.0702. The molecular formula is C28H21ClN2O6. The van der Waals surface area contributed by atoms with Crippen LogP contribution in [-0.4, -0.2) is 20.2 Å². The molecule has 186 valence electrons. The summed E-state index contributed by atoms with van der Waals surface area (Å²) in [6.07, 6.45) is 0. The van der Waals surface area contributed by atoms with Gasteiger partial charge in [-0.1, -0.05) is 17.7 Å². The third-order valence-electron chi connectivity index (χ3n) is 6.23. The average molecular weight is 517 g/mol. The van der Waals surface area contributed by atoms with Crippen LogP contribution in [0.3, 0.4) is 0 Å². The molecule has 1 unspecified atom stereocenters. The van der Waals surface area contributed by atoms with Crippen molar-refractivity contribution >= 4 is 28.5 Å². The fourth-order valence-corrected chi connectivity index (χ4v) is 4.60. The second-order valence-corrected chi connectivity index (χ2v) is 8.75. The molecule has 0 radical (unpaired) electrons. The molecule has 1 atom stereocenters. The van der Waals surface area contributed by atoms with Crippen molar-refractivity contribution in [3.8, 4) is 29.1 Å². The van der Waals surface area contributed by atoms with Crippen molar-refractivity contribution in [2.75, 3.05) is 14.2 Å². The van der Waals surface area contributed by atoms with E-state index in [1.807, 2.05) is 0 Å². The predicted octanol–water partition coefficient (Wildman–Crippen LogP) is 5.85. The topological polar surface area (TPSA) is 117 Å². The van der Waals surface area contributed by atoms with Crippen LogP contribution in [0.4, 0.5) is 0 Å². The third kappa shape index (κ3) is 4.20. The average Bonchev–Trinajstić information content (AvgIpc) is 3.23. The van der Waals surface area contributed by atoms with Gasteiger partial charge in [-0.3, -0.25) is 0 Å². The first-order chi connectivity index (χ1) is 17.8. The number of fused-ring (bicyclic) bond motifs is 2. The second kappa shape index (κ2) is 9.45. The van der Waals surface area contributed by atoms with Gasteiger partial charge in [-0.25, -0.2) is 4.79 Å². The van der Waals surface area contributed by atoms with E-state index in [1.165, 1.54) is 0 Å². The highest BCUT2D eigenvalue weighted by molar-refractivity contribution is 6.31. The summed E-state index contributed by atoms with van der Waals surface area (Å²) in [5, 5.41) is 11.1. The molecule has 0 amide bonds. The molecule has 5 rings (SSSR count). The van der Waals surface area contributed by atoms with Gasteiger partial charge in [0.05, 0.1) is 20.1 Å². The summed E-state index contributed by atoms with van der Waals surface area (Å²) in [5.41, 5.74) is 8.83. The number of benzene rings is 3. The van der Waals surface area contributed by atoms with E-state index in [-0.39, 0.29) is 23.0 Å². The molecule has 4 aromatic rings. The van der Waals surface area contributed by atoms with Gasteiger partial charge in [-0.05, 0) is 49.4 Å². The summed E-state index contributed by atoms with van der Waals surface area (Å²) in [7, 11) is 3.10. The number of esters is 1. The summed E-state index contributed by atoms with van der Waals surface area (Å²) in [4.78, 5) is 13.0. The number of rotatable bonds is 5. The Labute approximate surface area is 217 Å². The Hall–Kier alpha value is -4.61. The van der Waals surface area contributed by atoms with Gasteiger partial charge in [0.25, 0.3) is 0 Å². The first-order valence-corrected chi connectivity index (χ1v) is 11.6. The number of nitrogens with zero attached hydrogens (tertiary/aromatic N) is 1. The van der Waals surface area contributed by atoms with Crippen LogP contribution in [0.1, 0.15) is 33.2 Å². The molecule has 0 bridgehead atoms. The fourth-order valence-electron chi connectivity index (χ4n) is 4.43. The highest BCUT2D eigenvalue weighted by Crippen LogP contribution is 2.46. The molecule has 0 fully saturated rings. The van der Waals surface area contributed by atoms with Crippen molar-refractivity contribution in [3.63, 3.8) is 0 Å². The smallest absolute Gasteiger partial charge is 0.379 e. The van der Waals surface area contributed by atoms with E-state index >= 15 is 0 Å². The van der Waals surface area contributed by atoms with Crippen molar-refractivity contribution in [2.24, 2.45) is 5.73 Å². The van der Waals surface area contributed by atoms with E-state index in [0.29, 0.717) is 44.5 Å². The summed E-state index contributed by atoms with van der Waals surface area (Å²) in [6, 6.07) is 17.4. The van der Waals surface area contributed by atoms with E-state index in [9.17, 15) is 10.1 Å². The van der Waals surface area contributed by atoms with Crippen LogP contribution in [0, 0.1) is 18.3 Å². The number of carbonyl (C=O) groups is 1. The molecule has 8 nitrogen and oxygen atoms in total. The summed E-state index contributed by atoms with van der Waals surface area (Å²) in [6.45, 7) is 1.76. The van der Waals surface area contributed by atoms with Crippen LogP contribution in [0.5, 0.6) is 23.0 Å². The molecule has 0 saturated carbocycles. The highest BCUT2D eigenvalue weighted by atomic mass is 35.5. The number of hydrogen-bond acceptors (Lipinski definition) is 8. The summed E-state index contributed by atoms with van der Waals surface area (Å²) in [5.74, 6) is 0.442. The molecule has 1 aliphatic rings. The number of nitriles is 1. The number of nitrogens with two attached hydrogens (primary N) is 1. The minimum Gasteiger partial charge on any atom is -0.497 e. The lowest BCUT2D eigenvalue weighted by atomic mass is 9.83. The zero-order chi connectivity index (χ0) is 26.3. The molecule has 0 spiro atoms. The van der Waals surface area contributed by atoms with E-state index < -0.39 is 11.9 Å². The van der Waals surface area contributed by atoms with Crippen LogP contribution in [0.2, 0.25) is 5.02 Å². The van der Waals surface area contributed by atoms with E-state index in [0.717, 1.165) is 5.39 Å². The van der Waals surface area contributed by atoms with Crippen LogP contribution in [0.25, 0.3) is 11.0 Å². The van der Waals surface area contributed by atoms with Gasteiger partial charge in [0.1, 0.15) is 40.2 Å². The zero-order valence-corrected chi connectivity index (χ0v) is 20.9. The van der Waals surface area contributed by atoms with Gasteiger partial charge < -0.3 is 29.1 Å². The molecule has 9 heteroatoms. The van der Waals surface area contributed by atoms with Gasteiger partial charge in [-0.15, -0.1) is 0 Å². The van der Waals surface area contributed by atoms with Gasteiger partial charge in [-0.2, -0.15) is 5.26 Å². The maximum Gasteiger partial charge on any atom is 0.379 e. The first-order valence-electron chi connectivity index (χ1n) is 11.2. The number of carbonyl (C=O) groups excluding carboxylic acids is 1. The minimum atomic E-state index is -0.673. The molecule has 37 heavy (non-hydrogen) atoms. The molecule has 1 aromatic heterocycles. The third-order valence-corrected chi connectivity index (χ3v) is 6.47. The van der Waals surface area contributed by atoms with E-state index in [1.54, 1.807) is 75.7 Å². The van der Waals surface area contributed by atoms with Crippen molar-refractivity contribution in [2.45, 2.75) is 12.8 Å². The van der Waals surface area contributed by atoms with Crippen molar-refractivity contribution in [1.29, 1.82) is 5.26 Å². The number of allylic oxidation sites excluding steroid dienone is 1. The fraction of sp³-hybridized carbons (Fsp3) is 0.143. The maximum absolute atomic E-state index is 13.0. The van der Waals surface area contributed by atoms with E-state index in [4.69, 9.17) is 40.7 Å². The number of ether oxygens (including phenoxy) is 4. The highest BCUT2D eigenvalue weighted by Gasteiger charge is 2.33. The summed E-state index contributed by atoms with van der Waals surface area (Å²) < 4.78 is 28.0. The Morgan fingerprint density at radius 2 is 1.81 bits per heavy atom. The number of halogens is 1. The Morgan fingerprint density at radius 1 is 1.03 bits per heavy atom. The number of methoxy groups -OCH3 is 2. The van der Waals surface area contributed by atoms with Gasteiger partial charge in [0.15, 0.2) is 0 Å². The lowest BCUT2D eigenvalue weighted by Crippen LogP contribution is -2.21. The Balaban J connectivity index is 1.53. The first kappa shape index (κ1) is 24.1. The van der Waals surface area contributed by atoms with Crippen molar-refractivity contribution < 1.29 is 28.2 Å². The minimum absolute atomic E-state index is 0.0571. The molecular weight excluding hydrogens is 496 g/mol. The van der Waals surface area contributed by atoms with E-state index in [2.05, 4.69) is 6.07 Å². The zero-order valence-electron chi connectivity index (χ0n) is 20.1. The number of aryl methyl sites for hydroxylation is 1. The Bertz CT molecular complexity index is 1630. The number of furan rings is 1. The van der Waals surface area contributed by atoms with Crippen molar-refractivity contribution in [1.82, 2.24) is 0 Å². The van der Waals surface area contributed by atoms with Gasteiger partial charge >= 0.3 is 5.97 Å². The van der Waals surface area contributed by atoms with Crippen LogP contribution < -0.4 is 24.7 Å². The largest absolute Gasteiger partial charge is 0.497 e. The maximum atomic E-state index is 13.0.